The van der Waals surface area contributed by atoms with Gasteiger partial charge in [-0.25, -0.2) is 13.1 Å². The lowest BCUT2D eigenvalue weighted by Gasteiger charge is -2.12. The van der Waals surface area contributed by atoms with Crippen molar-refractivity contribution in [1.82, 2.24) is 4.72 Å². The van der Waals surface area contributed by atoms with Gasteiger partial charge < -0.3 is 4.74 Å². The molecule has 7 nitrogen and oxygen atoms in total. The third-order valence-corrected chi connectivity index (χ3v) is 4.86. The van der Waals surface area contributed by atoms with Gasteiger partial charge >= 0.3 is 6.61 Å². The van der Waals surface area contributed by atoms with Crippen LogP contribution in [0, 0.1) is 17.0 Å². The van der Waals surface area contributed by atoms with Crippen LogP contribution in [0.15, 0.2) is 47.4 Å². The second kappa shape index (κ2) is 7.53. The predicted molar refractivity (Wildman–Crippen MR) is 84.9 cm³/mol. The molecule has 0 aromatic heterocycles. The minimum atomic E-state index is -4.09. The van der Waals surface area contributed by atoms with E-state index in [2.05, 4.69) is 9.46 Å². The molecule has 0 radical (unpaired) electrons. The molecule has 0 aliphatic heterocycles. The van der Waals surface area contributed by atoms with Crippen LogP contribution in [0.5, 0.6) is 5.75 Å². The highest BCUT2D eigenvalue weighted by Gasteiger charge is 2.21. The number of ether oxygens (including phenoxy) is 1. The van der Waals surface area contributed by atoms with Crippen LogP contribution in [-0.4, -0.2) is 20.0 Å². The average molecular weight is 372 g/mol. The Morgan fingerprint density at radius 1 is 1.24 bits per heavy atom. The highest BCUT2D eigenvalue weighted by molar-refractivity contribution is 7.89. The summed E-state index contributed by atoms with van der Waals surface area (Å²) in [5, 5.41) is 10.8. The van der Waals surface area contributed by atoms with Gasteiger partial charge in [-0.3, -0.25) is 10.1 Å². The van der Waals surface area contributed by atoms with Gasteiger partial charge in [-0.05, 0) is 18.6 Å². The molecule has 25 heavy (non-hydrogen) atoms. The third kappa shape index (κ3) is 4.70. The summed E-state index contributed by atoms with van der Waals surface area (Å²) >= 11 is 0. The van der Waals surface area contributed by atoms with Crippen molar-refractivity contribution >= 4 is 15.7 Å². The molecule has 0 heterocycles. The number of non-ortho nitro benzene ring substituents is 1. The fourth-order valence-electron chi connectivity index (χ4n) is 2.10. The zero-order valence-electron chi connectivity index (χ0n) is 13.0. The molecular formula is C15H14F2N2O5S. The highest BCUT2D eigenvalue weighted by Crippen LogP contribution is 2.23. The Morgan fingerprint density at radius 3 is 2.56 bits per heavy atom. The average Bonchev–Trinajstić information content (AvgIpc) is 2.53. The molecule has 2 aromatic rings. The molecule has 0 atom stereocenters. The van der Waals surface area contributed by atoms with Crippen molar-refractivity contribution in [2.75, 3.05) is 0 Å². The first-order valence-electron chi connectivity index (χ1n) is 6.98. The van der Waals surface area contributed by atoms with Gasteiger partial charge in [0.05, 0.1) is 9.82 Å². The molecule has 0 saturated heterocycles. The number of hydrogen-bond donors (Lipinski definition) is 1. The fraction of sp³-hybridized carbons (Fsp3) is 0.200. The molecule has 2 aromatic carbocycles. The molecule has 0 fully saturated rings. The minimum absolute atomic E-state index is 0.157. The van der Waals surface area contributed by atoms with Gasteiger partial charge in [-0.15, -0.1) is 0 Å². The summed E-state index contributed by atoms with van der Waals surface area (Å²) in [6.07, 6.45) is 0. The molecule has 2 rings (SSSR count). The van der Waals surface area contributed by atoms with E-state index >= 15 is 0 Å². The van der Waals surface area contributed by atoms with Gasteiger partial charge in [-0.1, -0.05) is 24.3 Å². The Balaban J connectivity index is 2.26. The van der Waals surface area contributed by atoms with Gasteiger partial charge in [0.2, 0.25) is 10.0 Å². The Morgan fingerprint density at radius 2 is 1.92 bits per heavy atom. The van der Waals surface area contributed by atoms with Gasteiger partial charge in [0, 0.05) is 24.2 Å². The normalized spacial score (nSPS) is 11.5. The lowest BCUT2D eigenvalue weighted by Crippen LogP contribution is -2.24. The molecular weight excluding hydrogens is 358 g/mol. The van der Waals surface area contributed by atoms with E-state index in [4.69, 9.17) is 0 Å². The number of aryl methyl sites for hydroxylation is 1. The number of para-hydroxylation sites is 1. The number of alkyl halides is 2. The topological polar surface area (TPSA) is 98.5 Å². The summed E-state index contributed by atoms with van der Waals surface area (Å²) < 4.78 is 56.2. The van der Waals surface area contributed by atoms with E-state index in [0.717, 1.165) is 6.07 Å². The number of sulfonamides is 1. The number of halogens is 2. The number of nitro groups is 1. The first-order valence-corrected chi connectivity index (χ1v) is 8.46. The monoisotopic (exact) mass is 372 g/mol. The third-order valence-electron chi connectivity index (χ3n) is 3.31. The van der Waals surface area contributed by atoms with Crippen molar-refractivity contribution < 1.29 is 26.9 Å². The van der Waals surface area contributed by atoms with Crippen molar-refractivity contribution in [3.8, 4) is 5.75 Å². The fourth-order valence-corrected chi connectivity index (χ4v) is 3.37. The van der Waals surface area contributed by atoms with Crippen molar-refractivity contribution in [1.29, 1.82) is 0 Å². The van der Waals surface area contributed by atoms with Crippen LogP contribution in [0.1, 0.15) is 11.1 Å². The predicted octanol–water partition coefficient (Wildman–Crippen LogP) is 2.98. The Hall–Kier alpha value is -2.59. The van der Waals surface area contributed by atoms with E-state index in [1.807, 2.05) is 0 Å². The lowest BCUT2D eigenvalue weighted by molar-refractivity contribution is -0.385. The molecule has 0 bridgehead atoms. The largest absolute Gasteiger partial charge is 0.434 e. The minimum Gasteiger partial charge on any atom is -0.434 e. The summed E-state index contributed by atoms with van der Waals surface area (Å²) in [5.41, 5.74) is 0.150. The van der Waals surface area contributed by atoms with Crippen molar-refractivity contribution in [2.24, 2.45) is 0 Å². The van der Waals surface area contributed by atoms with Crippen LogP contribution in [0.25, 0.3) is 0 Å². The number of nitro benzene ring substituents is 1. The molecule has 0 aliphatic rings. The van der Waals surface area contributed by atoms with E-state index in [1.54, 1.807) is 6.07 Å². The Kier molecular flexibility index (Phi) is 5.65. The number of nitrogens with one attached hydrogen (secondary N) is 1. The molecule has 0 amide bonds. The quantitative estimate of drug-likeness (QED) is 0.595. The van der Waals surface area contributed by atoms with E-state index < -0.39 is 21.6 Å². The maximum atomic E-state index is 12.4. The van der Waals surface area contributed by atoms with Gasteiger partial charge in [-0.2, -0.15) is 8.78 Å². The summed E-state index contributed by atoms with van der Waals surface area (Å²) in [7, 11) is -4.09. The van der Waals surface area contributed by atoms with E-state index in [9.17, 15) is 27.3 Å². The van der Waals surface area contributed by atoms with Crippen molar-refractivity contribution in [3.05, 3.63) is 63.7 Å². The van der Waals surface area contributed by atoms with Crippen LogP contribution in [-0.2, 0) is 16.6 Å². The van der Waals surface area contributed by atoms with Gasteiger partial charge in [0.15, 0.2) is 0 Å². The first kappa shape index (κ1) is 18.7. The zero-order valence-corrected chi connectivity index (χ0v) is 13.8. The number of benzene rings is 2. The molecule has 0 spiro atoms. The Labute approximate surface area is 142 Å². The maximum Gasteiger partial charge on any atom is 0.387 e. The van der Waals surface area contributed by atoms with Crippen LogP contribution in [0.3, 0.4) is 0 Å². The van der Waals surface area contributed by atoms with Crippen molar-refractivity contribution in [3.63, 3.8) is 0 Å². The molecule has 134 valence electrons. The Bertz CT molecular complexity index is 887. The number of hydrogen-bond acceptors (Lipinski definition) is 5. The lowest BCUT2D eigenvalue weighted by atomic mass is 10.2. The second-order valence-electron chi connectivity index (χ2n) is 5.02. The van der Waals surface area contributed by atoms with Crippen LogP contribution in [0.2, 0.25) is 0 Å². The number of nitrogens with zero attached hydrogens (tertiary/aromatic N) is 1. The molecule has 0 unspecified atom stereocenters. The van der Waals surface area contributed by atoms with Crippen LogP contribution >= 0.6 is 0 Å². The standard InChI is InChI=1S/C15H14F2N2O5S/c1-10-6-7-12(19(20)21)8-14(10)25(22,23)18-9-11-4-2-3-5-13(11)24-15(16)17/h2-8,15,18H,9H2,1H3. The smallest absolute Gasteiger partial charge is 0.387 e. The molecule has 0 saturated carbocycles. The second-order valence-corrected chi connectivity index (χ2v) is 6.75. The van der Waals surface area contributed by atoms with Gasteiger partial charge in [0.1, 0.15) is 5.75 Å². The summed E-state index contributed by atoms with van der Waals surface area (Å²) in [6, 6.07) is 9.19. The van der Waals surface area contributed by atoms with Gasteiger partial charge in [0.25, 0.3) is 5.69 Å². The van der Waals surface area contributed by atoms with Crippen LogP contribution < -0.4 is 9.46 Å². The molecule has 1 N–H and O–H groups in total. The van der Waals surface area contributed by atoms with Crippen molar-refractivity contribution in [2.45, 2.75) is 25.0 Å². The number of rotatable bonds is 7. The maximum absolute atomic E-state index is 12.4. The summed E-state index contributed by atoms with van der Waals surface area (Å²) in [5.74, 6) is -0.157. The molecule has 0 aliphatic carbocycles. The zero-order chi connectivity index (χ0) is 18.6. The summed E-state index contributed by atoms with van der Waals surface area (Å²) in [4.78, 5) is 9.86. The summed E-state index contributed by atoms with van der Waals surface area (Å²) in [6.45, 7) is -1.86. The highest BCUT2D eigenvalue weighted by atomic mass is 32.2. The molecule has 10 heteroatoms. The first-order chi connectivity index (χ1) is 11.7. The van der Waals surface area contributed by atoms with Crippen LogP contribution in [0.4, 0.5) is 14.5 Å². The van der Waals surface area contributed by atoms with E-state index in [0.29, 0.717) is 5.56 Å². The van der Waals surface area contributed by atoms with E-state index in [1.165, 1.54) is 37.3 Å². The SMILES string of the molecule is Cc1ccc([N+](=O)[O-])cc1S(=O)(=O)NCc1ccccc1OC(F)F. The van der Waals surface area contributed by atoms with E-state index in [-0.39, 0.29) is 28.4 Å².